The van der Waals surface area contributed by atoms with Gasteiger partial charge in [-0.05, 0) is 49.8 Å². The van der Waals surface area contributed by atoms with Crippen LogP contribution in [0.1, 0.15) is 29.8 Å². The van der Waals surface area contributed by atoms with Gasteiger partial charge in [-0.25, -0.2) is 4.79 Å². The fraction of sp³-hybridized carbons (Fsp3) is 0.200. The van der Waals surface area contributed by atoms with Crippen molar-refractivity contribution < 1.29 is 23.8 Å². The molecule has 2 aromatic rings. The Morgan fingerprint density at radius 3 is 2.67 bits per heavy atom. The highest BCUT2D eigenvalue weighted by Gasteiger charge is 2.28. The van der Waals surface area contributed by atoms with Crippen LogP contribution in [0.25, 0.3) is 6.08 Å². The van der Waals surface area contributed by atoms with Crippen LogP contribution in [0.4, 0.5) is 0 Å². The number of allylic oxidation sites excluding steroid dienone is 1. The summed E-state index contributed by atoms with van der Waals surface area (Å²) in [6.45, 7) is 3.59. The van der Waals surface area contributed by atoms with E-state index in [0.717, 1.165) is 0 Å². The molecule has 27 heavy (non-hydrogen) atoms. The molecule has 7 heteroatoms. The van der Waals surface area contributed by atoms with E-state index in [1.807, 2.05) is 0 Å². The summed E-state index contributed by atoms with van der Waals surface area (Å²) >= 11 is 11.9. The summed E-state index contributed by atoms with van der Waals surface area (Å²) in [6, 6.07) is 9.80. The van der Waals surface area contributed by atoms with Crippen LogP contribution >= 0.6 is 23.2 Å². The molecule has 0 saturated heterocycles. The fourth-order valence-corrected chi connectivity index (χ4v) is 2.81. The van der Waals surface area contributed by atoms with E-state index in [4.69, 9.17) is 37.4 Å². The minimum atomic E-state index is -0.772. The van der Waals surface area contributed by atoms with Crippen LogP contribution in [0.3, 0.4) is 0 Å². The van der Waals surface area contributed by atoms with Crippen molar-refractivity contribution in [3.05, 3.63) is 63.3 Å². The van der Waals surface area contributed by atoms with Crippen molar-refractivity contribution in [1.29, 1.82) is 0 Å². The van der Waals surface area contributed by atoms with Crippen molar-refractivity contribution in [2.75, 3.05) is 6.61 Å². The lowest BCUT2D eigenvalue weighted by Gasteiger charge is -2.13. The van der Waals surface area contributed by atoms with Gasteiger partial charge in [0.25, 0.3) is 0 Å². The predicted molar refractivity (Wildman–Crippen MR) is 103 cm³/mol. The molecule has 0 N–H and O–H groups in total. The molecule has 1 heterocycles. The van der Waals surface area contributed by atoms with Crippen molar-refractivity contribution >= 4 is 41.0 Å². The molecule has 0 fully saturated rings. The first kappa shape index (κ1) is 19.3. The van der Waals surface area contributed by atoms with Gasteiger partial charge in [-0.2, -0.15) is 0 Å². The highest BCUT2D eigenvalue weighted by molar-refractivity contribution is 6.42. The first-order valence-corrected chi connectivity index (χ1v) is 9.01. The maximum atomic E-state index is 12.5. The normalized spacial score (nSPS) is 15.3. The van der Waals surface area contributed by atoms with E-state index in [9.17, 15) is 9.59 Å². The number of hydrogen-bond acceptors (Lipinski definition) is 5. The maximum Gasteiger partial charge on any atom is 0.347 e. The summed E-state index contributed by atoms with van der Waals surface area (Å²) in [5, 5.41) is 0.816. The molecule has 0 saturated carbocycles. The Labute approximate surface area is 166 Å². The summed E-state index contributed by atoms with van der Waals surface area (Å²) in [5.74, 6) is 0.216. The molecule has 2 aromatic carbocycles. The zero-order valence-corrected chi connectivity index (χ0v) is 16.1. The molecule has 5 nitrogen and oxygen atoms in total. The molecule has 0 spiro atoms. The van der Waals surface area contributed by atoms with E-state index in [0.29, 0.717) is 32.7 Å². The quantitative estimate of drug-likeness (QED) is 0.519. The number of ketones is 1. The second kappa shape index (κ2) is 8.03. The summed E-state index contributed by atoms with van der Waals surface area (Å²) in [4.78, 5) is 24.2. The Morgan fingerprint density at radius 2 is 1.96 bits per heavy atom. The van der Waals surface area contributed by atoms with Crippen LogP contribution in [-0.2, 0) is 9.53 Å². The average molecular weight is 407 g/mol. The lowest BCUT2D eigenvalue weighted by atomic mass is 10.1. The van der Waals surface area contributed by atoms with Gasteiger partial charge in [0.15, 0.2) is 11.9 Å². The Morgan fingerprint density at radius 1 is 1.19 bits per heavy atom. The molecule has 0 unspecified atom stereocenters. The summed E-state index contributed by atoms with van der Waals surface area (Å²) in [5.41, 5.74) is 1.10. The van der Waals surface area contributed by atoms with Gasteiger partial charge in [-0.1, -0.05) is 29.3 Å². The SMILES string of the molecule is CCOC(=O)[C@@H](C)Oc1ccc2c(c1)OC(=Cc1ccc(Cl)c(Cl)c1)C2=O. The van der Waals surface area contributed by atoms with Crippen molar-refractivity contribution in [3.8, 4) is 11.5 Å². The van der Waals surface area contributed by atoms with Crippen molar-refractivity contribution in [2.45, 2.75) is 20.0 Å². The van der Waals surface area contributed by atoms with E-state index < -0.39 is 12.1 Å². The number of rotatable bonds is 5. The molecular formula is C20H16Cl2O5. The van der Waals surface area contributed by atoms with Gasteiger partial charge < -0.3 is 14.2 Å². The van der Waals surface area contributed by atoms with Gasteiger partial charge >= 0.3 is 5.97 Å². The van der Waals surface area contributed by atoms with E-state index in [2.05, 4.69) is 0 Å². The Bertz CT molecular complexity index is 936. The standard InChI is InChI=1S/C20H16Cl2O5/c1-3-25-20(24)11(2)26-13-5-6-14-17(10-13)27-18(19(14)23)9-12-4-7-15(21)16(22)8-12/h4-11H,3H2,1-2H3/t11-/m1/s1. The zero-order chi connectivity index (χ0) is 19.6. The third-order valence-electron chi connectivity index (χ3n) is 3.81. The Hall–Kier alpha value is -2.50. The molecule has 3 rings (SSSR count). The number of halogens is 2. The fourth-order valence-electron chi connectivity index (χ4n) is 2.51. The van der Waals surface area contributed by atoms with Crippen molar-refractivity contribution in [1.82, 2.24) is 0 Å². The lowest BCUT2D eigenvalue weighted by Crippen LogP contribution is -2.26. The Balaban J connectivity index is 1.79. The zero-order valence-electron chi connectivity index (χ0n) is 14.6. The number of benzene rings is 2. The first-order chi connectivity index (χ1) is 12.9. The van der Waals surface area contributed by atoms with Crippen LogP contribution in [0.2, 0.25) is 10.0 Å². The van der Waals surface area contributed by atoms with Crippen LogP contribution in [0, 0.1) is 0 Å². The minimum absolute atomic E-state index is 0.166. The van der Waals surface area contributed by atoms with Gasteiger partial charge in [0, 0.05) is 6.07 Å². The lowest BCUT2D eigenvalue weighted by molar-refractivity contribution is -0.150. The van der Waals surface area contributed by atoms with Gasteiger partial charge in [-0.15, -0.1) is 0 Å². The molecule has 0 aliphatic carbocycles. The molecule has 0 aromatic heterocycles. The number of esters is 1. The van der Waals surface area contributed by atoms with Crippen LogP contribution in [0.5, 0.6) is 11.5 Å². The van der Waals surface area contributed by atoms with Gasteiger partial charge in [0.1, 0.15) is 11.5 Å². The van der Waals surface area contributed by atoms with Crippen molar-refractivity contribution in [3.63, 3.8) is 0 Å². The van der Waals surface area contributed by atoms with E-state index in [1.165, 1.54) is 0 Å². The van der Waals surface area contributed by atoms with E-state index in [-0.39, 0.29) is 18.1 Å². The number of Topliss-reactive ketones (excluding diaryl/α,β-unsaturated/α-hetero) is 1. The van der Waals surface area contributed by atoms with E-state index >= 15 is 0 Å². The minimum Gasteiger partial charge on any atom is -0.479 e. The molecule has 0 radical (unpaired) electrons. The molecule has 1 atom stereocenters. The molecule has 1 aliphatic heterocycles. The van der Waals surface area contributed by atoms with Crippen LogP contribution in [-0.4, -0.2) is 24.5 Å². The topological polar surface area (TPSA) is 61.8 Å². The third kappa shape index (κ3) is 4.26. The average Bonchev–Trinajstić information content (AvgIpc) is 2.93. The second-order valence-corrected chi connectivity index (χ2v) is 6.60. The van der Waals surface area contributed by atoms with Crippen LogP contribution < -0.4 is 9.47 Å². The molecule has 0 amide bonds. The second-order valence-electron chi connectivity index (χ2n) is 5.78. The predicted octanol–water partition coefficient (Wildman–Crippen LogP) is 4.94. The van der Waals surface area contributed by atoms with E-state index in [1.54, 1.807) is 56.3 Å². The number of carbonyl (C=O) groups excluding carboxylic acids is 2. The number of ether oxygens (including phenoxy) is 3. The maximum absolute atomic E-state index is 12.5. The smallest absolute Gasteiger partial charge is 0.347 e. The van der Waals surface area contributed by atoms with Crippen LogP contribution in [0.15, 0.2) is 42.2 Å². The number of fused-ring (bicyclic) bond motifs is 1. The largest absolute Gasteiger partial charge is 0.479 e. The monoisotopic (exact) mass is 406 g/mol. The van der Waals surface area contributed by atoms with Gasteiger partial charge in [0.05, 0.1) is 22.2 Å². The summed E-state index contributed by atoms with van der Waals surface area (Å²) in [7, 11) is 0. The molecular weight excluding hydrogens is 391 g/mol. The number of carbonyl (C=O) groups is 2. The van der Waals surface area contributed by atoms with Crippen molar-refractivity contribution in [2.24, 2.45) is 0 Å². The number of hydrogen-bond donors (Lipinski definition) is 0. The van der Waals surface area contributed by atoms with Gasteiger partial charge in [0.2, 0.25) is 5.78 Å². The summed E-state index contributed by atoms with van der Waals surface area (Å²) in [6.07, 6.45) is 0.818. The molecule has 140 valence electrons. The highest BCUT2D eigenvalue weighted by Crippen LogP contribution is 2.35. The Kier molecular flexibility index (Phi) is 5.73. The summed E-state index contributed by atoms with van der Waals surface area (Å²) < 4.78 is 16.1. The molecule has 0 bridgehead atoms. The van der Waals surface area contributed by atoms with Gasteiger partial charge in [-0.3, -0.25) is 4.79 Å². The third-order valence-corrected chi connectivity index (χ3v) is 4.55. The highest BCUT2D eigenvalue weighted by atomic mass is 35.5. The first-order valence-electron chi connectivity index (χ1n) is 8.25. The molecule has 1 aliphatic rings.